The molecule has 20 heavy (non-hydrogen) atoms. The highest BCUT2D eigenvalue weighted by Gasteiger charge is 2.46. The number of rotatable bonds is 3. The Balaban J connectivity index is 2.13. The Bertz CT molecular complexity index is 477. The number of amides is 1. The zero-order valence-electron chi connectivity index (χ0n) is 12.6. The van der Waals surface area contributed by atoms with Gasteiger partial charge in [0.05, 0.1) is 12.8 Å². The van der Waals surface area contributed by atoms with Crippen LogP contribution in [0.5, 0.6) is 0 Å². The SMILES string of the molecule is CN(C)C(=O)CN1CCC[C@]12CCCN(S(C)(=O)=O)C2. The maximum absolute atomic E-state index is 12.0. The van der Waals surface area contributed by atoms with Crippen LogP contribution >= 0.6 is 0 Å². The van der Waals surface area contributed by atoms with Crippen molar-refractivity contribution in [2.45, 2.75) is 31.2 Å². The minimum absolute atomic E-state index is 0.0859. The summed E-state index contributed by atoms with van der Waals surface area (Å²) in [6.45, 7) is 2.42. The number of sulfonamides is 1. The molecule has 0 N–H and O–H groups in total. The molecule has 0 aromatic rings. The molecule has 1 atom stereocenters. The van der Waals surface area contributed by atoms with Crippen molar-refractivity contribution < 1.29 is 13.2 Å². The maximum atomic E-state index is 12.0. The van der Waals surface area contributed by atoms with Crippen LogP contribution in [0, 0.1) is 0 Å². The van der Waals surface area contributed by atoms with E-state index in [0.717, 1.165) is 32.2 Å². The number of carbonyl (C=O) groups is 1. The Morgan fingerprint density at radius 1 is 1.20 bits per heavy atom. The van der Waals surface area contributed by atoms with Crippen molar-refractivity contribution in [1.82, 2.24) is 14.1 Å². The summed E-state index contributed by atoms with van der Waals surface area (Å²) >= 11 is 0. The van der Waals surface area contributed by atoms with Gasteiger partial charge in [0.15, 0.2) is 0 Å². The van der Waals surface area contributed by atoms with Gasteiger partial charge in [-0.3, -0.25) is 9.69 Å². The quantitative estimate of drug-likeness (QED) is 0.734. The molecular formula is C13H25N3O3S. The fourth-order valence-corrected chi connectivity index (χ4v) is 4.30. The van der Waals surface area contributed by atoms with Crippen LogP contribution in [-0.2, 0) is 14.8 Å². The van der Waals surface area contributed by atoms with Gasteiger partial charge in [-0.25, -0.2) is 12.7 Å². The van der Waals surface area contributed by atoms with E-state index in [0.29, 0.717) is 19.6 Å². The third-order valence-corrected chi connectivity index (χ3v) is 5.80. The Morgan fingerprint density at radius 2 is 1.80 bits per heavy atom. The smallest absolute Gasteiger partial charge is 0.236 e. The van der Waals surface area contributed by atoms with E-state index >= 15 is 0 Å². The largest absolute Gasteiger partial charge is 0.348 e. The van der Waals surface area contributed by atoms with Crippen LogP contribution in [-0.4, -0.2) is 80.5 Å². The van der Waals surface area contributed by atoms with Crippen molar-refractivity contribution in [3.05, 3.63) is 0 Å². The standard InChI is InChI=1S/C13H25N3O3S/c1-14(2)12(17)10-15-8-4-6-13(15)7-5-9-16(11-13)20(3,18)19/h4-11H2,1-3H3/t13-/m1/s1. The first kappa shape index (κ1) is 15.7. The molecule has 0 radical (unpaired) electrons. The molecular weight excluding hydrogens is 278 g/mol. The first-order chi connectivity index (χ1) is 9.24. The topological polar surface area (TPSA) is 60.9 Å². The van der Waals surface area contributed by atoms with Gasteiger partial charge in [-0.1, -0.05) is 0 Å². The van der Waals surface area contributed by atoms with Crippen LogP contribution in [0.4, 0.5) is 0 Å². The van der Waals surface area contributed by atoms with Crippen LogP contribution in [0.3, 0.4) is 0 Å². The second-order valence-corrected chi connectivity index (χ2v) is 8.22. The molecule has 2 rings (SSSR count). The summed E-state index contributed by atoms with van der Waals surface area (Å²) < 4.78 is 25.2. The Morgan fingerprint density at radius 3 is 2.35 bits per heavy atom. The van der Waals surface area contributed by atoms with Crippen molar-refractivity contribution in [1.29, 1.82) is 0 Å². The van der Waals surface area contributed by atoms with Gasteiger partial charge in [-0.2, -0.15) is 0 Å². The summed E-state index contributed by atoms with van der Waals surface area (Å²) in [5.41, 5.74) is -0.132. The molecule has 2 saturated heterocycles. The summed E-state index contributed by atoms with van der Waals surface area (Å²) in [4.78, 5) is 15.8. The molecule has 1 amide bonds. The number of carbonyl (C=O) groups excluding carboxylic acids is 1. The predicted molar refractivity (Wildman–Crippen MR) is 77.9 cm³/mol. The maximum Gasteiger partial charge on any atom is 0.236 e. The third-order valence-electron chi connectivity index (χ3n) is 4.56. The zero-order valence-corrected chi connectivity index (χ0v) is 13.4. The van der Waals surface area contributed by atoms with E-state index < -0.39 is 10.0 Å². The lowest BCUT2D eigenvalue weighted by Crippen LogP contribution is -2.58. The molecule has 0 saturated carbocycles. The lowest BCUT2D eigenvalue weighted by Gasteiger charge is -2.45. The van der Waals surface area contributed by atoms with Crippen LogP contribution in [0.15, 0.2) is 0 Å². The van der Waals surface area contributed by atoms with E-state index in [2.05, 4.69) is 4.90 Å². The van der Waals surface area contributed by atoms with Crippen LogP contribution in [0.2, 0.25) is 0 Å². The number of hydrogen-bond donors (Lipinski definition) is 0. The minimum atomic E-state index is -3.15. The molecule has 1 spiro atoms. The zero-order chi connectivity index (χ0) is 15.0. The minimum Gasteiger partial charge on any atom is -0.348 e. The van der Waals surface area contributed by atoms with Crippen LogP contribution < -0.4 is 0 Å². The monoisotopic (exact) mass is 303 g/mol. The van der Waals surface area contributed by atoms with Gasteiger partial charge in [0, 0.05) is 32.7 Å². The molecule has 0 aromatic carbocycles. The summed E-state index contributed by atoms with van der Waals surface area (Å²) in [5, 5.41) is 0. The number of likely N-dealkylation sites (tertiary alicyclic amines) is 1. The van der Waals surface area contributed by atoms with E-state index in [1.54, 1.807) is 23.3 Å². The van der Waals surface area contributed by atoms with Crippen molar-refractivity contribution in [3.63, 3.8) is 0 Å². The van der Waals surface area contributed by atoms with Crippen molar-refractivity contribution in [2.24, 2.45) is 0 Å². The van der Waals surface area contributed by atoms with Gasteiger partial charge in [0.25, 0.3) is 0 Å². The average Bonchev–Trinajstić information content (AvgIpc) is 2.71. The van der Waals surface area contributed by atoms with Gasteiger partial charge >= 0.3 is 0 Å². The van der Waals surface area contributed by atoms with E-state index in [9.17, 15) is 13.2 Å². The number of nitrogens with zero attached hydrogens (tertiary/aromatic N) is 3. The number of hydrogen-bond acceptors (Lipinski definition) is 4. The van der Waals surface area contributed by atoms with Gasteiger partial charge in [0.1, 0.15) is 0 Å². The fourth-order valence-electron chi connectivity index (χ4n) is 3.36. The predicted octanol–water partition coefficient (Wildman–Crippen LogP) is -0.0354. The Hall–Kier alpha value is -0.660. The molecule has 116 valence electrons. The van der Waals surface area contributed by atoms with Gasteiger partial charge in [0.2, 0.25) is 15.9 Å². The molecule has 2 aliphatic rings. The normalized spacial score (nSPS) is 28.9. The first-order valence-corrected chi connectivity index (χ1v) is 9.00. The Labute approximate surface area is 121 Å². The summed E-state index contributed by atoms with van der Waals surface area (Å²) in [6.07, 6.45) is 5.16. The molecule has 0 aliphatic carbocycles. The molecule has 2 aliphatic heterocycles. The lowest BCUT2D eigenvalue weighted by molar-refractivity contribution is -0.131. The molecule has 0 aromatic heterocycles. The molecule has 7 heteroatoms. The second kappa shape index (κ2) is 5.61. The van der Waals surface area contributed by atoms with Crippen molar-refractivity contribution >= 4 is 15.9 Å². The van der Waals surface area contributed by atoms with Gasteiger partial charge in [-0.05, 0) is 32.2 Å². The van der Waals surface area contributed by atoms with Crippen molar-refractivity contribution in [2.75, 3.05) is 46.5 Å². The highest BCUT2D eigenvalue weighted by Crippen LogP contribution is 2.37. The molecule has 2 fully saturated rings. The molecule has 2 heterocycles. The first-order valence-electron chi connectivity index (χ1n) is 7.15. The molecule has 6 nitrogen and oxygen atoms in total. The van der Waals surface area contributed by atoms with E-state index in [4.69, 9.17) is 0 Å². The molecule has 0 unspecified atom stereocenters. The van der Waals surface area contributed by atoms with E-state index in [1.165, 1.54) is 6.26 Å². The fraction of sp³-hybridized carbons (Fsp3) is 0.923. The van der Waals surface area contributed by atoms with Crippen molar-refractivity contribution in [3.8, 4) is 0 Å². The third kappa shape index (κ3) is 3.15. The Kier molecular flexibility index (Phi) is 4.41. The number of likely N-dealkylation sites (N-methyl/N-ethyl adjacent to an activating group) is 1. The van der Waals surface area contributed by atoms with Crippen LogP contribution in [0.1, 0.15) is 25.7 Å². The summed E-state index contributed by atoms with van der Waals surface area (Å²) in [6, 6.07) is 0. The van der Waals surface area contributed by atoms with Crippen LogP contribution in [0.25, 0.3) is 0 Å². The molecule has 0 bridgehead atoms. The second-order valence-electron chi connectivity index (χ2n) is 6.24. The lowest BCUT2D eigenvalue weighted by atomic mass is 9.87. The van der Waals surface area contributed by atoms with Gasteiger partial charge < -0.3 is 4.90 Å². The highest BCUT2D eigenvalue weighted by molar-refractivity contribution is 7.88. The highest BCUT2D eigenvalue weighted by atomic mass is 32.2. The average molecular weight is 303 g/mol. The summed E-state index contributed by atoms with van der Waals surface area (Å²) in [5.74, 6) is 0.0859. The number of piperidine rings is 1. The summed E-state index contributed by atoms with van der Waals surface area (Å²) in [7, 11) is 0.371. The van der Waals surface area contributed by atoms with E-state index in [-0.39, 0.29) is 11.4 Å². The van der Waals surface area contributed by atoms with Gasteiger partial charge in [-0.15, -0.1) is 0 Å². The van der Waals surface area contributed by atoms with E-state index in [1.807, 2.05) is 0 Å².